The molecule has 0 saturated heterocycles. The predicted octanol–water partition coefficient (Wildman–Crippen LogP) is 2.06. The minimum absolute atomic E-state index is 0.0268. The molecule has 3 N–H and O–H groups in total. The lowest BCUT2D eigenvalue weighted by molar-refractivity contribution is -0.384. The number of hydrogen-bond donors (Lipinski definition) is 2. The van der Waals surface area contributed by atoms with Gasteiger partial charge in [0.1, 0.15) is 0 Å². The SMILES string of the molecule is NCc1ccc(CNc2ncccc2[N+](=O)[O-])cc1. The predicted molar refractivity (Wildman–Crippen MR) is 72.6 cm³/mol. The second-order valence-corrected chi connectivity index (χ2v) is 4.00. The van der Waals surface area contributed by atoms with Crippen LogP contribution < -0.4 is 11.1 Å². The Bertz CT molecular complexity index is 569. The highest BCUT2D eigenvalue weighted by atomic mass is 16.6. The number of nitrogens with two attached hydrogens (primary N) is 1. The van der Waals surface area contributed by atoms with Gasteiger partial charge in [0.15, 0.2) is 0 Å². The van der Waals surface area contributed by atoms with Crippen molar-refractivity contribution in [2.45, 2.75) is 13.1 Å². The van der Waals surface area contributed by atoms with Crippen LogP contribution in [0.2, 0.25) is 0 Å². The van der Waals surface area contributed by atoms with E-state index >= 15 is 0 Å². The summed E-state index contributed by atoms with van der Waals surface area (Å²) in [7, 11) is 0. The summed E-state index contributed by atoms with van der Waals surface area (Å²) >= 11 is 0. The van der Waals surface area contributed by atoms with Crippen LogP contribution in [0.5, 0.6) is 0 Å². The maximum atomic E-state index is 10.8. The van der Waals surface area contributed by atoms with Gasteiger partial charge in [-0.3, -0.25) is 10.1 Å². The fraction of sp³-hybridized carbons (Fsp3) is 0.154. The van der Waals surface area contributed by atoms with Crippen LogP contribution in [0.15, 0.2) is 42.6 Å². The van der Waals surface area contributed by atoms with Crippen molar-refractivity contribution in [3.8, 4) is 0 Å². The molecular formula is C13H14N4O2. The number of pyridine rings is 1. The summed E-state index contributed by atoms with van der Waals surface area (Å²) in [4.78, 5) is 14.4. The summed E-state index contributed by atoms with van der Waals surface area (Å²) in [6, 6.07) is 10.7. The molecule has 0 atom stereocenters. The number of nitrogens with zero attached hydrogens (tertiary/aromatic N) is 2. The zero-order valence-electron chi connectivity index (χ0n) is 10.2. The quantitative estimate of drug-likeness (QED) is 0.632. The average Bonchev–Trinajstić information content (AvgIpc) is 2.46. The molecule has 0 fully saturated rings. The first-order valence-electron chi connectivity index (χ1n) is 5.82. The molecule has 1 aromatic carbocycles. The Balaban J connectivity index is 2.07. The van der Waals surface area contributed by atoms with Crippen LogP contribution in [0.1, 0.15) is 11.1 Å². The van der Waals surface area contributed by atoms with Crippen LogP contribution in [0.4, 0.5) is 11.5 Å². The van der Waals surface area contributed by atoms with E-state index in [0.717, 1.165) is 11.1 Å². The highest BCUT2D eigenvalue weighted by molar-refractivity contribution is 5.55. The van der Waals surface area contributed by atoms with Gasteiger partial charge in [0, 0.05) is 25.4 Å². The Morgan fingerprint density at radius 3 is 2.53 bits per heavy atom. The van der Waals surface area contributed by atoms with Crippen molar-refractivity contribution < 1.29 is 4.92 Å². The smallest absolute Gasteiger partial charge is 0.311 e. The summed E-state index contributed by atoms with van der Waals surface area (Å²) in [6.07, 6.45) is 1.52. The van der Waals surface area contributed by atoms with Crippen molar-refractivity contribution in [3.63, 3.8) is 0 Å². The van der Waals surface area contributed by atoms with Gasteiger partial charge in [0.2, 0.25) is 5.82 Å². The molecule has 2 rings (SSSR count). The van der Waals surface area contributed by atoms with E-state index in [-0.39, 0.29) is 11.5 Å². The number of nitrogens with one attached hydrogen (secondary N) is 1. The van der Waals surface area contributed by atoms with Gasteiger partial charge < -0.3 is 11.1 Å². The van der Waals surface area contributed by atoms with Gasteiger partial charge >= 0.3 is 5.69 Å². The van der Waals surface area contributed by atoms with E-state index in [1.165, 1.54) is 12.3 Å². The second kappa shape index (κ2) is 5.92. The Morgan fingerprint density at radius 2 is 1.89 bits per heavy atom. The first-order valence-corrected chi connectivity index (χ1v) is 5.82. The molecule has 0 unspecified atom stereocenters. The van der Waals surface area contributed by atoms with Crippen LogP contribution in [0.25, 0.3) is 0 Å². The molecule has 1 heterocycles. The molecule has 0 aliphatic carbocycles. The second-order valence-electron chi connectivity index (χ2n) is 4.00. The van der Waals surface area contributed by atoms with Crippen LogP contribution in [0.3, 0.4) is 0 Å². The molecule has 0 bridgehead atoms. The molecule has 2 aromatic rings. The lowest BCUT2D eigenvalue weighted by Crippen LogP contribution is -2.04. The zero-order chi connectivity index (χ0) is 13.7. The summed E-state index contributed by atoms with van der Waals surface area (Å²) in [5.74, 6) is 0.274. The summed E-state index contributed by atoms with van der Waals surface area (Å²) in [5, 5.41) is 13.8. The number of hydrogen-bond acceptors (Lipinski definition) is 5. The number of nitro groups is 1. The molecule has 0 amide bonds. The summed E-state index contributed by atoms with van der Waals surface area (Å²) in [5.41, 5.74) is 7.55. The van der Waals surface area contributed by atoms with Gasteiger partial charge in [0.25, 0.3) is 0 Å². The third-order valence-electron chi connectivity index (χ3n) is 2.70. The maximum absolute atomic E-state index is 10.8. The number of aromatic nitrogens is 1. The standard InChI is InChI=1S/C13H14N4O2/c14-8-10-3-5-11(6-4-10)9-16-13-12(17(18)19)2-1-7-15-13/h1-7H,8-9,14H2,(H,15,16). The normalized spacial score (nSPS) is 10.2. The molecular weight excluding hydrogens is 244 g/mol. The largest absolute Gasteiger partial charge is 0.360 e. The van der Waals surface area contributed by atoms with Gasteiger partial charge in [-0.15, -0.1) is 0 Å². The molecule has 98 valence electrons. The molecule has 0 saturated carbocycles. The fourth-order valence-electron chi connectivity index (χ4n) is 1.66. The highest BCUT2D eigenvalue weighted by Crippen LogP contribution is 2.20. The van der Waals surface area contributed by atoms with Crippen molar-refractivity contribution >= 4 is 11.5 Å². The Kier molecular flexibility index (Phi) is 4.04. The minimum Gasteiger partial charge on any atom is -0.360 e. The van der Waals surface area contributed by atoms with Crippen molar-refractivity contribution in [1.29, 1.82) is 0 Å². The molecule has 0 spiro atoms. The molecule has 6 nitrogen and oxygen atoms in total. The maximum Gasteiger partial charge on any atom is 0.311 e. The number of benzene rings is 1. The average molecular weight is 258 g/mol. The molecule has 0 aliphatic rings. The Morgan fingerprint density at radius 1 is 1.21 bits per heavy atom. The van der Waals surface area contributed by atoms with Gasteiger partial charge in [-0.1, -0.05) is 24.3 Å². The number of rotatable bonds is 5. The van der Waals surface area contributed by atoms with Crippen molar-refractivity contribution in [1.82, 2.24) is 4.98 Å². The fourth-order valence-corrected chi connectivity index (χ4v) is 1.66. The lowest BCUT2D eigenvalue weighted by Gasteiger charge is -2.06. The van der Waals surface area contributed by atoms with Gasteiger partial charge in [-0.25, -0.2) is 4.98 Å². The van der Waals surface area contributed by atoms with Gasteiger partial charge in [-0.05, 0) is 17.2 Å². The van der Waals surface area contributed by atoms with Gasteiger partial charge in [-0.2, -0.15) is 0 Å². The number of anilines is 1. The van der Waals surface area contributed by atoms with E-state index in [0.29, 0.717) is 13.1 Å². The molecule has 19 heavy (non-hydrogen) atoms. The van der Waals surface area contributed by atoms with Crippen LogP contribution in [-0.4, -0.2) is 9.91 Å². The van der Waals surface area contributed by atoms with Crippen LogP contribution >= 0.6 is 0 Å². The van der Waals surface area contributed by atoms with Gasteiger partial charge in [0.05, 0.1) is 4.92 Å². The van der Waals surface area contributed by atoms with Crippen molar-refractivity contribution in [2.75, 3.05) is 5.32 Å². The third kappa shape index (κ3) is 3.26. The summed E-state index contributed by atoms with van der Waals surface area (Å²) in [6.45, 7) is 0.974. The van der Waals surface area contributed by atoms with Crippen molar-refractivity contribution in [3.05, 3.63) is 63.8 Å². The Labute approximate surface area is 110 Å². The Hall–Kier alpha value is -2.47. The topological polar surface area (TPSA) is 94.1 Å². The van der Waals surface area contributed by atoms with Crippen LogP contribution in [-0.2, 0) is 13.1 Å². The molecule has 6 heteroatoms. The minimum atomic E-state index is -0.452. The van der Waals surface area contributed by atoms with E-state index in [9.17, 15) is 10.1 Å². The van der Waals surface area contributed by atoms with E-state index in [4.69, 9.17) is 5.73 Å². The van der Waals surface area contributed by atoms with Crippen molar-refractivity contribution in [2.24, 2.45) is 5.73 Å². The van der Waals surface area contributed by atoms with Crippen LogP contribution in [0, 0.1) is 10.1 Å². The monoisotopic (exact) mass is 258 g/mol. The van der Waals surface area contributed by atoms with E-state index < -0.39 is 4.92 Å². The lowest BCUT2D eigenvalue weighted by atomic mass is 10.1. The molecule has 0 aliphatic heterocycles. The zero-order valence-corrected chi connectivity index (χ0v) is 10.2. The van der Waals surface area contributed by atoms with E-state index in [2.05, 4.69) is 10.3 Å². The first kappa shape index (κ1) is 13.0. The van der Waals surface area contributed by atoms with E-state index in [1.54, 1.807) is 6.07 Å². The van der Waals surface area contributed by atoms with E-state index in [1.807, 2.05) is 24.3 Å². The molecule has 1 aromatic heterocycles. The summed E-state index contributed by atoms with van der Waals surface area (Å²) < 4.78 is 0. The molecule has 0 radical (unpaired) electrons. The first-order chi connectivity index (χ1) is 9.20. The highest BCUT2D eigenvalue weighted by Gasteiger charge is 2.13. The third-order valence-corrected chi connectivity index (χ3v) is 2.70.